The summed E-state index contributed by atoms with van der Waals surface area (Å²) in [4.78, 5) is 9.78. The Morgan fingerprint density at radius 1 is 1.31 bits per heavy atom. The first-order valence-electron chi connectivity index (χ1n) is 4.36. The second-order valence-electron chi connectivity index (χ2n) is 3.15. The fourth-order valence-electron chi connectivity index (χ4n) is 1.17. The van der Waals surface area contributed by atoms with Crippen molar-refractivity contribution in [3.8, 4) is 0 Å². The van der Waals surface area contributed by atoms with Gasteiger partial charge in [0.05, 0.1) is 0 Å². The summed E-state index contributed by atoms with van der Waals surface area (Å²) in [5.74, 6) is 0. The maximum absolute atomic E-state index is 10.0. The summed E-state index contributed by atoms with van der Waals surface area (Å²) < 4.78 is 0. The molecule has 0 aliphatic rings. The zero-order valence-corrected chi connectivity index (χ0v) is 7.69. The van der Waals surface area contributed by atoms with E-state index in [1.807, 2.05) is 31.2 Å². The molecule has 1 aromatic rings. The van der Waals surface area contributed by atoms with E-state index in [0.29, 0.717) is 6.42 Å². The quantitative estimate of drug-likeness (QED) is 0.525. The van der Waals surface area contributed by atoms with Gasteiger partial charge in [0.2, 0.25) is 6.54 Å². The summed E-state index contributed by atoms with van der Waals surface area (Å²) in [6, 6.07) is 8.10. The van der Waals surface area contributed by atoms with E-state index in [1.54, 1.807) is 0 Å². The highest BCUT2D eigenvalue weighted by Gasteiger charge is 1.97. The summed E-state index contributed by atoms with van der Waals surface area (Å²) in [5, 5.41) is 10.0. The highest BCUT2D eigenvalue weighted by Crippen LogP contribution is 2.05. The van der Waals surface area contributed by atoms with Gasteiger partial charge >= 0.3 is 0 Å². The van der Waals surface area contributed by atoms with Crippen LogP contribution < -0.4 is 0 Å². The van der Waals surface area contributed by atoms with E-state index in [0.717, 1.165) is 6.42 Å². The molecule has 0 heterocycles. The first-order chi connectivity index (χ1) is 6.18. The lowest BCUT2D eigenvalue weighted by Crippen LogP contribution is -2.01. The van der Waals surface area contributed by atoms with Gasteiger partial charge in [-0.2, -0.15) is 0 Å². The van der Waals surface area contributed by atoms with Gasteiger partial charge in [-0.1, -0.05) is 29.8 Å². The topological polar surface area (TPSA) is 43.1 Å². The summed E-state index contributed by atoms with van der Waals surface area (Å²) in [5.41, 5.74) is 2.39. The van der Waals surface area contributed by atoms with Gasteiger partial charge in [-0.3, -0.25) is 10.1 Å². The smallest absolute Gasteiger partial charge is 0.204 e. The van der Waals surface area contributed by atoms with Gasteiger partial charge in [0.25, 0.3) is 0 Å². The van der Waals surface area contributed by atoms with E-state index in [-0.39, 0.29) is 11.5 Å². The maximum Gasteiger partial charge on any atom is 0.204 e. The molecule has 3 nitrogen and oxygen atoms in total. The summed E-state index contributed by atoms with van der Waals surface area (Å²) in [6.07, 6.45) is 1.41. The van der Waals surface area contributed by atoms with Crippen molar-refractivity contribution in [2.75, 3.05) is 6.54 Å². The largest absolute Gasteiger partial charge is 0.265 e. The normalized spacial score (nSPS) is 9.92. The van der Waals surface area contributed by atoms with Crippen molar-refractivity contribution in [2.24, 2.45) is 0 Å². The van der Waals surface area contributed by atoms with Crippen LogP contribution in [0, 0.1) is 17.0 Å². The van der Waals surface area contributed by atoms with Crippen LogP contribution in [0.25, 0.3) is 0 Å². The fourth-order valence-corrected chi connectivity index (χ4v) is 1.17. The van der Waals surface area contributed by atoms with Crippen molar-refractivity contribution in [2.45, 2.75) is 19.8 Å². The molecular weight excluding hydrogens is 166 g/mol. The van der Waals surface area contributed by atoms with Crippen LogP contribution in [0.5, 0.6) is 0 Å². The monoisotopic (exact) mass is 179 g/mol. The molecule has 0 atom stereocenters. The van der Waals surface area contributed by atoms with Crippen molar-refractivity contribution in [1.82, 2.24) is 0 Å². The van der Waals surface area contributed by atoms with E-state index in [1.165, 1.54) is 11.1 Å². The molecule has 0 saturated carbocycles. The Bertz CT molecular complexity index is 279. The van der Waals surface area contributed by atoms with Crippen molar-refractivity contribution in [1.29, 1.82) is 0 Å². The minimum atomic E-state index is -0.270. The lowest BCUT2D eigenvalue weighted by molar-refractivity contribution is -0.480. The number of nitrogens with zero attached hydrogens (tertiary/aromatic N) is 1. The molecule has 1 aromatic carbocycles. The molecule has 0 unspecified atom stereocenters. The van der Waals surface area contributed by atoms with Gasteiger partial charge in [-0.25, -0.2) is 0 Å². The average Bonchev–Trinajstić information content (AvgIpc) is 2.08. The lowest BCUT2D eigenvalue weighted by atomic mass is 10.1. The first-order valence-corrected chi connectivity index (χ1v) is 4.36. The molecule has 0 fully saturated rings. The molecule has 0 amide bonds. The Balaban J connectivity index is 2.37. The Morgan fingerprint density at radius 3 is 2.46 bits per heavy atom. The van der Waals surface area contributed by atoms with Gasteiger partial charge in [0.1, 0.15) is 0 Å². The van der Waals surface area contributed by atoms with Gasteiger partial charge in [0.15, 0.2) is 0 Å². The summed E-state index contributed by atoms with van der Waals surface area (Å²) in [6.45, 7) is 2.09. The van der Waals surface area contributed by atoms with E-state index < -0.39 is 0 Å². The number of nitro groups is 1. The summed E-state index contributed by atoms with van der Waals surface area (Å²) in [7, 11) is 0. The Kier molecular flexibility index (Phi) is 3.43. The molecule has 0 aliphatic heterocycles. The third kappa shape index (κ3) is 3.69. The number of aryl methyl sites for hydroxylation is 2. The van der Waals surface area contributed by atoms with Crippen LogP contribution in [0.2, 0.25) is 0 Å². The van der Waals surface area contributed by atoms with Crippen LogP contribution >= 0.6 is 0 Å². The van der Waals surface area contributed by atoms with Crippen LogP contribution in [0.4, 0.5) is 0 Å². The fraction of sp³-hybridized carbons (Fsp3) is 0.400. The third-order valence-corrected chi connectivity index (χ3v) is 1.93. The summed E-state index contributed by atoms with van der Waals surface area (Å²) >= 11 is 0. The first kappa shape index (κ1) is 9.71. The zero-order chi connectivity index (χ0) is 9.68. The van der Waals surface area contributed by atoms with Crippen LogP contribution in [-0.4, -0.2) is 11.5 Å². The average molecular weight is 179 g/mol. The van der Waals surface area contributed by atoms with Crippen molar-refractivity contribution < 1.29 is 4.92 Å². The SMILES string of the molecule is Cc1ccc(CCC[N+](=O)[O-])cc1. The van der Waals surface area contributed by atoms with E-state index in [4.69, 9.17) is 0 Å². The molecule has 0 saturated heterocycles. The van der Waals surface area contributed by atoms with Crippen molar-refractivity contribution in [3.05, 3.63) is 45.5 Å². The van der Waals surface area contributed by atoms with Crippen LogP contribution in [0.3, 0.4) is 0 Å². The molecule has 1 rings (SSSR count). The minimum absolute atomic E-state index is 0.0634. The minimum Gasteiger partial charge on any atom is -0.265 e. The van der Waals surface area contributed by atoms with Gasteiger partial charge in [-0.05, 0) is 18.9 Å². The molecule has 13 heavy (non-hydrogen) atoms. The van der Waals surface area contributed by atoms with Crippen molar-refractivity contribution >= 4 is 0 Å². The second kappa shape index (κ2) is 4.60. The highest BCUT2D eigenvalue weighted by atomic mass is 16.6. The van der Waals surface area contributed by atoms with Gasteiger partial charge in [0, 0.05) is 11.3 Å². The zero-order valence-electron chi connectivity index (χ0n) is 7.69. The molecule has 0 bridgehead atoms. The predicted molar refractivity (Wildman–Crippen MR) is 51.4 cm³/mol. The maximum atomic E-state index is 10.0. The molecule has 0 aliphatic carbocycles. The molecule has 0 N–H and O–H groups in total. The Morgan fingerprint density at radius 2 is 1.92 bits per heavy atom. The second-order valence-corrected chi connectivity index (χ2v) is 3.15. The molecule has 70 valence electrons. The van der Waals surface area contributed by atoms with Crippen LogP contribution in [0.1, 0.15) is 17.5 Å². The lowest BCUT2D eigenvalue weighted by Gasteiger charge is -1.98. The molecule has 0 aromatic heterocycles. The van der Waals surface area contributed by atoms with Crippen molar-refractivity contribution in [3.63, 3.8) is 0 Å². The van der Waals surface area contributed by atoms with Gasteiger partial charge < -0.3 is 0 Å². The van der Waals surface area contributed by atoms with Crippen LogP contribution in [0.15, 0.2) is 24.3 Å². The van der Waals surface area contributed by atoms with E-state index in [9.17, 15) is 10.1 Å². The van der Waals surface area contributed by atoms with E-state index >= 15 is 0 Å². The molecule has 0 spiro atoms. The van der Waals surface area contributed by atoms with E-state index in [2.05, 4.69) is 0 Å². The highest BCUT2D eigenvalue weighted by molar-refractivity contribution is 5.21. The predicted octanol–water partition coefficient (Wildman–Crippen LogP) is 2.20. The Labute approximate surface area is 77.5 Å². The molecule has 3 heteroatoms. The molecular formula is C10H13NO2. The number of benzene rings is 1. The third-order valence-electron chi connectivity index (χ3n) is 1.93. The number of rotatable bonds is 4. The number of hydrogen-bond acceptors (Lipinski definition) is 2. The standard InChI is InChI=1S/C10H13NO2/c1-9-4-6-10(7-5-9)3-2-8-11(12)13/h4-7H,2-3,8H2,1H3. The van der Waals surface area contributed by atoms with Gasteiger partial charge in [-0.15, -0.1) is 0 Å². The number of hydrogen-bond donors (Lipinski definition) is 0. The Hall–Kier alpha value is -1.38. The van der Waals surface area contributed by atoms with Crippen LogP contribution in [-0.2, 0) is 6.42 Å². The molecule has 0 radical (unpaired) electrons.